The summed E-state index contributed by atoms with van der Waals surface area (Å²) in [6.07, 6.45) is -9.40. The van der Waals surface area contributed by atoms with Gasteiger partial charge in [0.25, 0.3) is 0 Å². The molecular formula is C30H28F6N4O5S. The maximum Gasteiger partial charge on any atom is 0.419 e. The van der Waals surface area contributed by atoms with Crippen LogP contribution in [-0.2, 0) is 22.4 Å². The number of nitrogens with zero attached hydrogens (tertiary/aromatic N) is 4. The highest BCUT2D eigenvalue weighted by atomic mass is 32.2. The molecule has 2 aliphatic rings. The van der Waals surface area contributed by atoms with Gasteiger partial charge in [-0.05, 0) is 59.6 Å². The van der Waals surface area contributed by atoms with E-state index in [2.05, 4.69) is 10.3 Å². The number of alkyl halides is 6. The molecule has 4 aromatic rings. The Morgan fingerprint density at radius 3 is 1.72 bits per heavy atom. The van der Waals surface area contributed by atoms with E-state index in [0.29, 0.717) is 18.5 Å². The van der Waals surface area contributed by atoms with Gasteiger partial charge < -0.3 is 14.4 Å². The van der Waals surface area contributed by atoms with Gasteiger partial charge in [0.2, 0.25) is 10.0 Å². The van der Waals surface area contributed by atoms with Crippen LogP contribution in [0.1, 0.15) is 36.8 Å². The number of aromatic nitrogens is 2. The molecule has 0 aliphatic carbocycles. The van der Waals surface area contributed by atoms with Crippen LogP contribution in [0.5, 0.6) is 11.5 Å². The molecule has 3 heterocycles. The molecule has 0 atom stereocenters. The largest absolute Gasteiger partial charge is 0.490 e. The number of fused-ring (bicyclic) bond motifs is 1. The molecule has 246 valence electrons. The number of ether oxygens (including phenoxy) is 2. The van der Waals surface area contributed by atoms with Crippen molar-refractivity contribution < 1.29 is 48.9 Å². The third-order valence-corrected chi connectivity index (χ3v) is 10.1. The van der Waals surface area contributed by atoms with Crippen molar-refractivity contribution in [2.45, 2.75) is 55.1 Å². The van der Waals surface area contributed by atoms with Gasteiger partial charge in [-0.15, -0.1) is 0 Å². The third-order valence-electron chi connectivity index (χ3n) is 8.11. The van der Waals surface area contributed by atoms with Crippen molar-refractivity contribution in [2.24, 2.45) is 0 Å². The lowest BCUT2D eigenvalue weighted by atomic mass is 10.1. The summed E-state index contributed by atoms with van der Waals surface area (Å²) < 4.78 is 126. The lowest BCUT2D eigenvalue weighted by Gasteiger charge is -2.36. The van der Waals surface area contributed by atoms with Gasteiger partial charge in [0.15, 0.2) is 5.52 Å². The van der Waals surface area contributed by atoms with E-state index in [9.17, 15) is 34.8 Å². The lowest BCUT2D eigenvalue weighted by Crippen LogP contribution is -2.43. The highest BCUT2D eigenvalue weighted by Crippen LogP contribution is 2.40. The zero-order valence-electron chi connectivity index (χ0n) is 24.1. The van der Waals surface area contributed by atoms with Gasteiger partial charge in [-0.3, -0.25) is 0 Å². The van der Waals surface area contributed by atoms with E-state index in [4.69, 9.17) is 14.1 Å². The molecule has 0 saturated carbocycles. The predicted molar refractivity (Wildman–Crippen MR) is 153 cm³/mol. The highest BCUT2D eigenvalue weighted by Gasteiger charge is 2.39. The summed E-state index contributed by atoms with van der Waals surface area (Å²) in [6, 6.07) is 13.0. The van der Waals surface area contributed by atoms with E-state index < -0.39 is 45.7 Å². The Kier molecular flexibility index (Phi) is 8.52. The second-order valence-corrected chi connectivity index (χ2v) is 12.9. The smallest absolute Gasteiger partial charge is 0.419 e. The number of para-hydroxylation sites is 2. The summed E-state index contributed by atoms with van der Waals surface area (Å²) in [6.45, 7) is 0.535. The van der Waals surface area contributed by atoms with Gasteiger partial charge in [-0.1, -0.05) is 24.3 Å². The fraction of sp³-hybridized carbons (Fsp3) is 0.400. The Hall–Kier alpha value is -4.05. The molecular weight excluding hydrogens is 642 g/mol. The van der Waals surface area contributed by atoms with Crippen LogP contribution < -0.4 is 14.4 Å². The Morgan fingerprint density at radius 1 is 0.696 bits per heavy atom. The number of hydrogen-bond donors (Lipinski definition) is 0. The minimum Gasteiger partial charge on any atom is -0.490 e. The fourth-order valence-electron chi connectivity index (χ4n) is 5.82. The van der Waals surface area contributed by atoms with E-state index in [1.807, 2.05) is 0 Å². The SMILES string of the molecule is O=S(=O)(c1c(N2CCC(Oc3ccccc3C(F)(F)F)CC2)ccc2nonc12)N1CCC(Oc2ccccc2C(F)(F)F)CC1. The van der Waals surface area contributed by atoms with Crippen molar-refractivity contribution in [3.63, 3.8) is 0 Å². The van der Waals surface area contributed by atoms with Crippen molar-refractivity contribution in [3.05, 3.63) is 71.8 Å². The maximum atomic E-state index is 14.1. The van der Waals surface area contributed by atoms with E-state index in [1.165, 1.54) is 40.7 Å². The molecule has 1 aromatic heterocycles. The van der Waals surface area contributed by atoms with Crippen molar-refractivity contribution in [1.82, 2.24) is 14.6 Å². The molecule has 46 heavy (non-hydrogen) atoms. The average molecular weight is 671 g/mol. The van der Waals surface area contributed by atoms with Crippen LogP contribution in [0.4, 0.5) is 32.0 Å². The first kappa shape index (κ1) is 31.9. The van der Waals surface area contributed by atoms with Crippen LogP contribution in [0.3, 0.4) is 0 Å². The Bertz CT molecular complexity index is 1800. The van der Waals surface area contributed by atoms with E-state index in [1.54, 1.807) is 17.0 Å². The standard InChI is InChI=1S/C30H28F6N4O5S/c31-29(32,33)21-5-1-3-7-25(21)43-19-11-15-39(16-12-19)24-10-9-23-27(38-45-37-23)28(24)46(41,42)40-17-13-20(14-18-40)44-26-8-4-2-6-22(26)30(34,35)36/h1-10,19-20H,11-18H2. The molecule has 6 rings (SSSR count). The van der Waals surface area contributed by atoms with E-state index >= 15 is 0 Å². The normalized spacial score (nSPS) is 17.8. The Balaban J connectivity index is 1.18. The maximum absolute atomic E-state index is 14.1. The zero-order valence-corrected chi connectivity index (χ0v) is 24.9. The Morgan fingerprint density at radius 2 is 1.20 bits per heavy atom. The van der Waals surface area contributed by atoms with Crippen molar-refractivity contribution in [2.75, 3.05) is 31.1 Å². The van der Waals surface area contributed by atoms with Crippen LogP contribution in [0.15, 0.2) is 70.2 Å². The molecule has 0 radical (unpaired) electrons. The van der Waals surface area contributed by atoms with Gasteiger partial charge in [0, 0.05) is 39.0 Å². The minimum atomic E-state index is -4.60. The van der Waals surface area contributed by atoms with Crippen LogP contribution in [0, 0.1) is 0 Å². The summed E-state index contributed by atoms with van der Waals surface area (Å²) >= 11 is 0. The minimum absolute atomic E-state index is 0.0170. The molecule has 0 spiro atoms. The molecule has 9 nitrogen and oxygen atoms in total. The second kappa shape index (κ2) is 12.3. The van der Waals surface area contributed by atoms with E-state index in [-0.39, 0.29) is 66.4 Å². The van der Waals surface area contributed by atoms with Crippen LogP contribution >= 0.6 is 0 Å². The number of sulfonamides is 1. The second-order valence-electron chi connectivity index (χ2n) is 11.1. The molecule has 0 unspecified atom stereocenters. The molecule has 3 aromatic carbocycles. The predicted octanol–water partition coefficient (Wildman–Crippen LogP) is 6.54. The number of piperidine rings is 2. The monoisotopic (exact) mass is 670 g/mol. The lowest BCUT2D eigenvalue weighted by molar-refractivity contribution is -0.140. The molecule has 0 amide bonds. The number of hydrogen-bond acceptors (Lipinski definition) is 8. The molecule has 16 heteroatoms. The summed E-state index contributed by atoms with van der Waals surface area (Å²) in [4.78, 5) is 1.68. The van der Waals surface area contributed by atoms with Crippen LogP contribution in [-0.4, -0.2) is 61.4 Å². The molecule has 2 fully saturated rings. The van der Waals surface area contributed by atoms with Gasteiger partial charge in [-0.25, -0.2) is 13.0 Å². The van der Waals surface area contributed by atoms with Gasteiger partial charge in [0.1, 0.15) is 34.1 Å². The Labute approximate surface area is 259 Å². The van der Waals surface area contributed by atoms with Gasteiger partial charge >= 0.3 is 12.4 Å². The first-order valence-electron chi connectivity index (χ1n) is 14.5. The number of benzene rings is 3. The van der Waals surface area contributed by atoms with Crippen molar-refractivity contribution >= 4 is 26.7 Å². The average Bonchev–Trinajstić information content (AvgIpc) is 3.50. The summed E-state index contributed by atoms with van der Waals surface area (Å²) in [5.41, 5.74) is -1.21. The summed E-state index contributed by atoms with van der Waals surface area (Å²) in [5, 5.41) is 7.65. The highest BCUT2D eigenvalue weighted by molar-refractivity contribution is 7.89. The first-order chi connectivity index (χ1) is 21.8. The van der Waals surface area contributed by atoms with Gasteiger partial charge in [-0.2, -0.15) is 30.6 Å². The summed E-state index contributed by atoms with van der Waals surface area (Å²) in [5.74, 6) is -0.576. The number of anilines is 1. The molecule has 0 N–H and O–H groups in total. The summed E-state index contributed by atoms with van der Waals surface area (Å²) in [7, 11) is -4.21. The van der Waals surface area contributed by atoms with Crippen molar-refractivity contribution in [1.29, 1.82) is 0 Å². The number of halogens is 6. The molecule has 2 aliphatic heterocycles. The third kappa shape index (κ3) is 6.45. The van der Waals surface area contributed by atoms with Crippen LogP contribution in [0.2, 0.25) is 0 Å². The fourth-order valence-corrected chi connectivity index (χ4v) is 7.62. The van der Waals surface area contributed by atoms with Gasteiger partial charge in [0.05, 0.1) is 16.8 Å². The topological polar surface area (TPSA) is 98.0 Å². The quantitative estimate of drug-likeness (QED) is 0.205. The zero-order chi connectivity index (χ0) is 32.7. The number of rotatable bonds is 7. The van der Waals surface area contributed by atoms with Crippen LogP contribution in [0.25, 0.3) is 11.0 Å². The molecule has 0 bridgehead atoms. The first-order valence-corrected chi connectivity index (χ1v) is 15.9. The molecule has 2 saturated heterocycles. The van der Waals surface area contributed by atoms with E-state index in [0.717, 1.165) is 12.1 Å². The van der Waals surface area contributed by atoms with Crippen molar-refractivity contribution in [3.8, 4) is 11.5 Å².